The molecule has 0 fully saturated rings. The SMILES string of the molecule is CN1C(=O)/C(=C(\CBr)S(=O)(=O)c2ccccc2)c2ccccc21. The highest BCUT2D eigenvalue weighted by Crippen LogP contribution is 2.40. The normalized spacial score (nSPS) is 16.4. The average Bonchev–Trinajstić information content (AvgIpc) is 2.82. The molecule has 1 amide bonds. The molecule has 0 aliphatic carbocycles. The van der Waals surface area contributed by atoms with Crippen molar-refractivity contribution in [3.8, 4) is 0 Å². The van der Waals surface area contributed by atoms with Gasteiger partial charge >= 0.3 is 0 Å². The van der Waals surface area contributed by atoms with E-state index in [9.17, 15) is 13.2 Å². The summed E-state index contributed by atoms with van der Waals surface area (Å²) >= 11 is 3.25. The Hall–Kier alpha value is -1.92. The number of halogens is 1. The van der Waals surface area contributed by atoms with Gasteiger partial charge in [-0.05, 0) is 18.2 Å². The number of para-hydroxylation sites is 1. The molecule has 0 bridgehead atoms. The maximum absolute atomic E-state index is 13.0. The predicted octanol–water partition coefficient (Wildman–Crippen LogP) is 3.24. The quantitative estimate of drug-likeness (QED) is 0.595. The van der Waals surface area contributed by atoms with E-state index in [0.29, 0.717) is 11.3 Å². The third-order valence-electron chi connectivity index (χ3n) is 3.83. The molecule has 118 valence electrons. The molecule has 0 unspecified atom stereocenters. The van der Waals surface area contributed by atoms with Gasteiger partial charge in [0.05, 0.1) is 21.1 Å². The van der Waals surface area contributed by atoms with Crippen LogP contribution in [0.15, 0.2) is 64.4 Å². The lowest BCUT2D eigenvalue weighted by atomic mass is 10.1. The van der Waals surface area contributed by atoms with Crippen LogP contribution in [0.5, 0.6) is 0 Å². The number of hydrogen-bond donors (Lipinski definition) is 0. The Labute approximate surface area is 143 Å². The van der Waals surface area contributed by atoms with Crippen LogP contribution in [0, 0.1) is 0 Å². The minimum atomic E-state index is -3.75. The van der Waals surface area contributed by atoms with Gasteiger partial charge in [-0.25, -0.2) is 8.42 Å². The second-order valence-electron chi connectivity index (χ2n) is 5.13. The third-order valence-corrected chi connectivity index (χ3v) is 6.65. The fraction of sp³-hybridized carbons (Fsp3) is 0.118. The first-order valence-corrected chi connectivity index (χ1v) is 9.55. The Morgan fingerprint density at radius 3 is 2.30 bits per heavy atom. The van der Waals surface area contributed by atoms with Crippen molar-refractivity contribution in [2.24, 2.45) is 0 Å². The zero-order valence-corrected chi connectivity index (χ0v) is 14.8. The molecule has 0 spiro atoms. The Bertz CT molecular complexity index is 904. The zero-order chi connectivity index (χ0) is 16.6. The number of fused-ring (bicyclic) bond motifs is 1. The van der Waals surface area contributed by atoms with E-state index >= 15 is 0 Å². The molecule has 0 N–H and O–H groups in total. The summed E-state index contributed by atoms with van der Waals surface area (Å²) in [5.41, 5.74) is 1.60. The van der Waals surface area contributed by atoms with Gasteiger partial charge in [-0.15, -0.1) is 0 Å². The topological polar surface area (TPSA) is 54.5 Å². The fourth-order valence-electron chi connectivity index (χ4n) is 2.65. The van der Waals surface area contributed by atoms with Gasteiger partial charge in [0.2, 0.25) is 9.84 Å². The maximum atomic E-state index is 13.0. The van der Waals surface area contributed by atoms with Crippen LogP contribution >= 0.6 is 15.9 Å². The second kappa shape index (κ2) is 5.94. The molecular formula is C17H14BrNO3S. The summed E-state index contributed by atoms with van der Waals surface area (Å²) < 4.78 is 25.9. The van der Waals surface area contributed by atoms with E-state index in [1.54, 1.807) is 43.4 Å². The summed E-state index contributed by atoms with van der Waals surface area (Å²) in [6.45, 7) is 0. The van der Waals surface area contributed by atoms with Gasteiger partial charge in [-0.3, -0.25) is 4.79 Å². The molecule has 4 nitrogen and oxygen atoms in total. The third kappa shape index (κ3) is 2.52. The summed E-state index contributed by atoms with van der Waals surface area (Å²) in [6, 6.07) is 15.4. The Kier molecular flexibility index (Phi) is 4.12. The molecule has 2 aromatic rings. The number of hydrogen-bond acceptors (Lipinski definition) is 3. The lowest BCUT2D eigenvalue weighted by Gasteiger charge is -2.11. The minimum Gasteiger partial charge on any atom is -0.311 e. The summed E-state index contributed by atoms with van der Waals surface area (Å²) in [5, 5.41) is 0.0769. The van der Waals surface area contributed by atoms with Crippen molar-refractivity contribution in [1.82, 2.24) is 0 Å². The van der Waals surface area contributed by atoms with Gasteiger partial charge < -0.3 is 4.90 Å². The number of benzene rings is 2. The summed E-state index contributed by atoms with van der Waals surface area (Å²) in [7, 11) is -2.10. The van der Waals surface area contributed by atoms with Crippen molar-refractivity contribution in [1.29, 1.82) is 0 Å². The number of allylic oxidation sites excluding steroid dienone is 1. The summed E-state index contributed by atoms with van der Waals surface area (Å²) in [5.74, 6) is -0.305. The molecule has 23 heavy (non-hydrogen) atoms. The van der Waals surface area contributed by atoms with E-state index in [1.807, 2.05) is 6.07 Å². The molecule has 2 aromatic carbocycles. The monoisotopic (exact) mass is 391 g/mol. The molecule has 1 aliphatic heterocycles. The van der Waals surface area contributed by atoms with Crippen LogP contribution in [0.4, 0.5) is 5.69 Å². The Balaban J connectivity index is 2.29. The molecule has 0 atom stereocenters. The van der Waals surface area contributed by atoms with E-state index in [2.05, 4.69) is 15.9 Å². The van der Waals surface area contributed by atoms with E-state index in [1.165, 1.54) is 17.0 Å². The number of carbonyl (C=O) groups is 1. The van der Waals surface area contributed by atoms with Gasteiger partial charge in [-0.2, -0.15) is 0 Å². The van der Waals surface area contributed by atoms with Gasteiger partial charge in [0.25, 0.3) is 5.91 Å². The number of nitrogens with zero attached hydrogens (tertiary/aromatic N) is 1. The Morgan fingerprint density at radius 2 is 1.65 bits per heavy atom. The highest BCUT2D eigenvalue weighted by molar-refractivity contribution is 9.09. The number of anilines is 1. The number of sulfone groups is 1. The van der Waals surface area contributed by atoms with Crippen LogP contribution in [-0.4, -0.2) is 26.7 Å². The zero-order valence-electron chi connectivity index (χ0n) is 12.4. The molecule has 1 aliphatic rings. The molecule has 6 heteroatoms. The number of carbonyl (C=O) groups excluding carboxylic acids is 1. The van der Waals surface area contributed by atoms with E-state index < -0.39 is 9.84 Å². The first-order valence-electron chi connectivity index (χ1n) is 6.95. The van der Waals surface area contributed by atoms with Crippen LogP contribution in [0.25, 0.3) is 5.57 Å². The van der Waals surface area contributed by atoms with Crippen molar-refractivity contribution >= 4 is 42.9 Å². The van der Waals surface area contributed by atoms with Gasteiger partial charge in [0.15, 0.2) is 0 Å². The molecular weight excluding hydrogens is 378 g/mol. The summed E-state index contributed by atoms with van der Waals surface area (Å²) in [4.78, 5) is 14.4. The minimum absolute atomic E-state index is 0.0769. The van der Waals surface area contributed by atoms with Gasteiger partial charge in [0.1, 0.15) is 0 Å². The molecule has 1 heterocycles. The van der Waals surface area contributed by atoms with Gasteiger partial charge in [-0.1, -0.05) is 52.3 Å². The number of likely N-dealkylation sites (N-methyl/N-ethyl adjacent to an activating group) is 1. The van der Waals surface area contributed by atoms with Crippen molar-refractivity contribution in [2.75, 3.05) is 17.3 Å². The average molecular weight is 392 g/mol. The molecule has 0 saturated carbocycles. The molecule has 0 aromatic heterocycles. The lowest BCUT2D eigenvalue weighted by Crippen LogP contribution is -2.22. The lowest BCUT2D eigenvalue weighted by molar-refractivity contribution is -0.112. The molecule has 0 radical (unpaired) electrons. The highest BCUT2D eigenvalue weighted by Gasteiger charge is 2.36. The summed E-state index contributed by atoms with van der Waals surface area (Å²) in [6.07, 6.45) is 0. The van der Waals surface area contributed by atoms with Crippen LogP contribution in [0.1, 0.15) is 5.56 Å². The molecule has 0 saturated heterocycles. The van der Waals surface area contributed by atoms with Crippen LogP contribution in [0.3, 0.4) is 0 Å². The number of amides is 1. The van der Waals surface area contributed by atoms with Crippen molar-refractivity contribution in [3.05, 3.63) is 65.1 Å². The second-order valence-corrected chi connectivity index (χ2v) is 7.66. The van der Waals surface area contributed by atoms with E-state index in [4.69, 9.17) is 0 Å². The first kappa shape index (κ1) is 16.0. The molecule has 3 rings (SSSR count). The fourth-order valence-corrected chi connectivity index (χ4v) is 5.25. The maximum Gasteiger partial charge on any atom is 0.259 e. The number of alkyl halides is 1. The van der Waals surface area contributed by atoms with Crippen LogP contribution < -0.4 is 4.90 Å². The first-order chi connectivity index (χ1) is 11.0. The van der Waals surface area contributed by atoms with Crippen LogP contribution in [-0.2, 0) is 14.6 Å². The van der Waals surface area contributed by atoms with E-state index in [-0.39, 0.29) is 26.6 Å². The number of rotatable bonds is 3. The highest BCUT2D eigenvalue weighted by atomic mass is 79.9. The van der Waals surface area contributed by atoms with Crippen LogP contribution in [0.2, 0.25) is 0 Å². The van der Waals surface area contributed by atoms with Crippen molar-refractivity contribution < 1.29 is 13.2 Å². The standard InChI is InChI=1S/C17H14BrNO3S/c1-19-14-10-6-5-9-13(14)16(17(19)20)15(11-18)23(21,22)12-7-3-2-4-8-12/h2-10H,11H2,1H3/b16-15+. The van der Waals surface area contributed by atoms with Crippen molar-refractivity contribution in [2.45, 2.75) is 4.90 Å². The van der Waals surface area contributed by atoms with Gasteiger partial charge in [0, 0.05) is 17.9 Å². The predicted molar refractivity (Wildman–Crippen MR) is 94.2 cm³/mol. The van der Waals surface area contributed by atoms with E-state index in [0.717, 1.165) is 0 Å². The Morgan fingerprint density at radius 1 is 1.04 bits per heavy atom. The largest absolute Gasteiger partial charge is 0.311 e. The smallest absolute Gasteiger partial charge is 0.259 e. The van der Waals surface area contributed by atoms with Crippen molar-refractivity contribution in [3.63, 3.8) is 0 Å².